The first-order valence-corrected chi connectivity index (χ1v) is 11.9. The van der Waals surface area contributed by atoms with Crippen LogP contribution in [0.1, 0.15) is 90.5 Å². The molecule has 33 heavy (non-hydrogen) atoms. The van der Waals surface area contributed by atoms with Crippen LogP contribution in [0, 0.1) is 13.8 Å². The Hall–Kier alpha value is -2.57. The summed E-state index contributed by atoms with van der Waals surface area (Å²) < 4.78 is 5.31. The maximum atomic E-state index is 13.6. The Morgan fingerprint density at radius 2 is 1.55 bits per heavy atom. The van der Waals surface area contributed by atoms with E-state index in [4.69, 9.17) is 4.74 Å². The molecule has 1 aromatic rings. The van der Waals surface area contributed by atoms with E-state index in [0.717, 1.165) is 36.0 Å². The van der Waals surface area contributed by atoms with Crippen LogP contribution in [0.4, 0.5) is 4.79 Å². The Kier molecular flexibility index (Phi) is 10.9. The number of alkyl carbamates (subject to hydrolysis) is 1. The van der Waals surface area contributed by atoms with E-state index in [-0.39, 0.29) is 17.9 Å². The van der Waals surface area contributed by atoms with Gasteiger partial charge in [0.25, 0.3) is 0 Å². The summed E-state index contributed by atoms with van der Waals surface area (Å²) in [5.74, 6) is -0.552. The standard InChI is InChI=1S/C26H43N3O4/c1-10-11-12-13-29(24(31)20(6)28-25(32)33-26(7,8)9)22(23(30)27-17(2)3)21-15-18(4)14-19(5)16-21/h14-17,20,22H,10-13H2,1-9H3,(H,27,30)(H,28,32). The zero-order valence-corrected chi connectivity index (χ0v) is 21.9. The van der Waals surface area contributed by atoms with Crippen LogP contribution in [0.25, 0.3) is 0 Å². The first-order chi connectivity index (χ1) is 15.2. The molecule has 3 amide bonds. The molecule has 0 aliphatic heterocycles. The molecule has 0 fully saturated rings. The van der Waals surface area contributed by atoms with Crippen molar-refractivity contribution < 1.29 is 19.1 Å². The number of carbonyl (C=O) groups excluding carboxylic acids is 3. The van der Waals surface area contributed by atoms with Gasteiger partial charge in [-0.05, 0) is 67.4 Å². The Morgan fingerprint density at radius 1 is 0.970 bits per heavy atom. The molecule has 2 unspecified atom stereocenters. The molecule has 186 valence electrons. The fourth-order valence-corrected chi connectivity index (χ4v) is 3.70. The van der Waals surface area contributed by atoms with Crippen LogP contribution in [-0.2, 0) is 14.3 Å². The van der Waals surface area contributed by atoms with Gasteiger partial charge in [0.2, 0.25) is 11.8 Å². The van der Waals surface area contributed by atoms with E-state index in [1.165, 1.54) is 0 Å². The smallest absolute Gasteiger partial charge is 0.408 e. The highest BCUT2D eigenvalue weighted by atomic mass is 16.6. The number of hydrogen-bond donors (Lipinski definition) is 2. The van der Waals surface area contributed by atoms with Gasteiger partial charge in [-0.1, -0.05) is 49.1 Å². The maximum absolute atomic E-state index is 13.6. The summed E-state index contributed by atoms with van der Waals surface area (Å²) in [6.45, 7) is 17.2. The van der Waals surface area contributed by atoms with Gasteiger partial charge < -0.3 is 20.3 Å². The van der Waals surface area contributed by atoms with E-state index in [9.17, 15) is 14.4 Å². The minimum atomic E-state index is -0.846. The van der Waals surface area contributed by atoms with Gasteiger partial charge in [-0.3, -0.25) is 9.59 Å². The Labute approximate surface area is 199 Å². The molecule has 0 aliphatic carbocycles. The lowest BCUT2D eigenvalue weighted by Crippen LogP contribution is -2.52. The van der Waals surface area contributed by atoms with Crippen LogP contribution in [0.2, 0.25) is 0 Å². The van der Waals surface area contributed by atoms with Gasteiger partial charge in [0.15, 0.2) is 0 Å². The monoisotopic (exact) mass is 461 g/mol. The van der Waals surface area contributed by atoms with Crippen LogP contribution in [0.3, 0.4) is 0 Å². The van der Waals surface area contributed by atoms with E-state index >= 15 is 0 Å². The summed E-state index contributed by atoms with van der Waals surface area (Å²) in [5.41, 5.74) is 2.13. The summed E-state index contributed by atoms with van der Waals surface area (Å²) in [5, 5.41) is 5.60. The number of hydrogen-bond acceptors (Lipinski definition) is 4. The summed E-state index contributed by atoms with van der Waals surface area (Å²) in [6.07, 6.45) is 2.02. The van der Waals surface area contributed by atoms with Crippen molar-refractivity contribution in [3.05, 3.63) is 34.9 Å². The van der Waals surface area contributed by atoms with E-state index < -0.39 is 23.8 Å². The van der Waals surface area contributed by atoms with Crippen LogP contribution in [0.5, 0.6) is 0 Å². The molecule has 1 rings (SSSR count). The van der Waals surface area contributed by atoms with Gasteiger partial charge in [0.1, 0.15) is 17.7 Å². The number of ether oxygens (including phenoxy) is 1. The molecule has 2 atom stereocenters. The van der Waals surface area contributed by atoms with Gasteiger partial charge in [-0.15, -0.1) is 0 Å². The lowest BCUT2D eigenvalue weighted by molar-refractivity contribution is -0.142. The Morgan fingerprint density at radius 3 is 2.03 bits per heavy atom. The van der Waals surface area contributed by atoms with Crippen molar-refractivity contribution in [2.24, 2.45) is 0 Å². The number of unbranched alkanes of at least 4 members (excludes halogenated alkanes) is 2. The molecule has 0 radical (unpaired) electrons. The number of nitrogens with zero attached hydrogens (tertiary/aromatic N) is 1. The van der Waals surface area contributed by atoms with Crippen LogP contribution < -0.4 is 10.6 Å². The number of aryl methyl sites for hydroxylation is 2. The Bertz CT molecular complexity index is 794. The number of nitrogens with one attached hydrogen (secondary N) is 2. The molecular weight excluding hydrogens is 418 g/mol. The largest absolute Gasteiger partial charge is 0.444 e. The van der Waals surface area contributed by atoms with Crippen molar-refractivity contribution in [2.75, 3.05) is 6.54 Å². The molecule has 0 aliphatic rings. The van der Waals surface area contributed by atoms with Gasteiger partial charge in [-0.25, -0.2) is 4.79 Å². The molecule has 0 heterocycles. The first kappa shape index (κ1) is 28.5. The summed E-state index contributed by atoms with van der Waals surface area (Å²) in [6, 6.07) is 4.22. The van der Waals surface area contributed by atoms with Crippen LogP contribution >= 0.6 is 0 Å². The Balaban J connectivity index is 3.35. The third-order valence-corrected chi connectivity index (χ3v) is 4.94. The highest BCUT2D eigenvalue weighted by molar-refractivity contribution is 5.92. The number of amides is 3. The van der Waals surface area contributed by atoms with E-state index in [2.05, 4.69) is 17.6 Å². The van der Waals surface area contributed by atoms with Crippen molar-refractivity contribution in [2.45, 2.75) is 105 Å². The molecule has 1 aromatic carbocycles. The highest BCUT2D eigenvalue weighted by Crippen LogP contribution is 2.26. The summed E-state index contributed by atoms with van der Waals surface area (Å²) in [4.78, 5) is 40.8. The molecule has 0 saturated carbocycles. The van der Waals surface area contributed by atoms with Crippen molar-refractivity contribution in [3.8, 4) is 0 Å². The second-order valence-electron chi connectivity index (χ2n) is 10.1. The van der Waals surface area contributed by atoms with E-state index in [1.54, 1.807) is 32.6 Å². The zero-order chi connectivity index (χ0) is 25.3. The van der Waals surface area contributed by atoms with Gasteiger partial charge in [-0.2, -0.15) is 0 Å². The minimum Gasteiger partial charge on any atom is -0.444 e. The fourth-order valence-electron chi connectivity index (χ4n) is 3.70. The van der Waals surface area contributed by atoms with Crippen molar-refractivity contribution in [1.29, 1.82) is 0 Å². The first-order valence-electron chi connectivity index (χ1n) is 11.9. The summed E-state index contributed by atoms with van der Waals surface area (Å²) >= 11 is 0. The van der Waals surface area contributed by atoms with Gasteiger partial charge in [0.05, 0.1) is 0 Å². The fraction of sp³-hybridized carbons (Fsp3) is 0.654. The average molecular weight is 462 g/mol. The SMILES string of the molecule is CCCCCN(C(=O)C(C)NC(=O)OC(C)(C)C)C(C(=O)NC(C)C)c1cc(C)cc(C)c1. The predicted molar refractivity (Wildman–Crippen MR) is 132 cm³/mol. The number of benzene rings is 1. The molecular formula is C26H43N3O4. The molecule has 2 N–H and O–H groups in total. The quantitative estimate of drug-likeness (QED) is 0.490. The lowest BCUT2D eigenvalue weighted by Gasteiger charge is -2.34. The highest BCUT2D eigenvalue weighted by Gasteiger charge is 2.34. The number of rotatable bonds is 10. The van der Waals surface area contributed by atoms with Crippen molar-refractivity contribution in [1.82, 2.24) is 15.5 Å². The molecule has 0 spiro atoms. The normalized spacial score (nSPS) is 13.3. The second-order valence-corrected chi connectivity index (χ2v) is 10.1. The third kappa shape index (κ3) is 9.84. The lowest BCUT2D eigenvalue weighted by atomic mass is 9.98. The van der Waals surface area contributed by atoms with Gasteiger partial charge in [0, 0.05) is 12.6 Å². The number of carbonyl (C=O) groups is 3. The second kappa shape index (κ2) is 12.6. The molecule has 7 nitrogen and oxygen atoms in total. The van der Waals surface area contributed by atoms with Gasteiger partial charge >= 0.3 is 6.09 Å². The topological polar surface area (TPSA) is 87.7 Å². The maximum Gasteiger partial charge on any atom is 0.408 e. The van der Waals surface area contributed by atoms with Crippen LogP contribution in [0.15, 0.2) is 18.2 Å². The van der Waals surface area contributed by atoms with Crippen LogP contribution in [-0.4, -0.2) is 47.0 Å². The summed E-state index contributed by atoms with van der Waals surface area (Å²) in [7, 11) is 0. The molecule has 7 heteroatoms. The minimum absolute atomic E-state index is 0.0733. The predicted octanol–water partition coefficient (Wildman–Crippen LogP) is 4.80. The third-order valence-electron chi connectivity index (χ3n) is 4.94. The van der Waals surface area contributed by atoms with E-state index in [1.807, 2.05) is 45.9 Å². The van der Waals surface area contributed by atoms with Crippen molar-refractivity contribution in [3.63, 3.8) is 0 Å². The zero-order valence-electron chi connectivity index (χ0n) is 21.9. The van der Waals surface area contributed by atoms with Crippen molar-refractivity contribution >= 4 is 17.9 Å². The molecule has 0 aromatic heterocycles. The average Bonchev–Trinajstić information content (AvgIpc) is 2.63. The molecule has 0 bridgehead atoms. The molecule has 0 saturated heterocycles. The van der Waals surface area contributed by atoms with E-state index in [0.29, 0.717) is 6.54 Å².